The maximum Gasteiger partial charge on any atom is 0.222 e. The standard InChI is InChI=1S/C48H97N3O3/c1-5-9-13-17-25-33-44-50(42-31-15-11-7-3)47(53)37-27-21-19-23-29-39-49(41-35-36-46-52)40-30-24-20-22-28-38-48(54)51(43-32-16-12-8-4)45-34-26-18-14-10-6-2/h52H,5-46H2,1-4H3. The van der Waals surface area contributed by atoms with Crippen molar-refractivity contribution in [1.29, 1.82) is 0 Å². The second-order valence-electron chi connectivity index (χ2n) is 16.7. The summed E-state index contributed by atoms with van der Waals surface area (Å²) in [5.74, 6) is 0.787. The van der Waals surface area contributed by atoms with E-state index in [0.29, 0.717) is 11.8 Å². The summed E-state index contributed by atoms with van der Waals surface area (Å²) < 4.78 is 0. The van der Waals surface area contributed by atoms with Crippen LogP contribution in [0.4, 0.5) is 0 Å². The fraction of sp³-hybridized carbons (Fsp3) is 0.958. The Labute approximate surface area is 338 Å². The third-order valence-electron chi connectivity index (χ3n) is 11.4. The molecule has 0 bridgehead atoms. The first-order valence-electron chi connectivity index (χ1n) is 24.4. The van der Waals surface area contributed by atoms with Crippen LogP contribution in [0.15, 0.2) is 0 Å². The Morgan fingerprint density at radius 1 is 0.315 bits per heavy atom. The van der Waals surface area contributed by atoms with Crippen molar-refractivity contribution in [2.75, 3.05) is 52.4 Å². The van der Waals surface area contributed by atoms with Crippen LogP contribution in [0.2, 0.25) is 0 Å². The van der Waals surface area contributed by atoms with Crippen LogP contribution in [-0.2, 0) is 9.59 Å². The van der Waals surface area contributed by atoms with Crippen LogP contribution in [0, 0.1) is 0 Å². The quantitative estimate of drug-likeness (QED) is 0.0628. The molecule has 0 atom stereocenters. The van der Waals surface area contributed by atoms with Crippen LogP contribution < -0.4 is 0 Å². The van der Waals surface area contributed by atoms with Crippen LogP contribution in [0.25, 0.3) is 0 Å². The highest BCUT2D eigenvalue weighted by Crippen LogP contribution is 2.15. The number of carbonyl (C=O) groups is 2. The van der Waals surface area contributed by atoms with Gasteiger partial charge in [0.05, 0.1) is 0 Å². The minimum absolute atomic E-state index is 0.287. The van der Waals surface area contributed by atoms with Crippen molar-refractivity contribution in [2.24, 2.45) is 0 Å². The second kappa shape index (κ2) is 43.0. The van der Waals surface area contributed by atoms with Crippen molar-refractivity contribution in [2.45, 2.75) is 246 Å². The van der Waals surface area contributed by atoms with E-state index in [9.17, 15) is 14.7 Å². The Bertz CT molecular complexity index is 720. The molecule has 322 valence electrons. The van der Waals surface area contributed by atoms with Crippen molar-refractivity contribution in [1.82, 2.24) is 14.7 Å². The van der Waals surface area contributed by atoms with Crippen LogP contribution in [0.1, 0.15) is 246 Å². The van der Waals surface area contributed by atoms with Crippen LogP contribution in [-0.4, -0.2) is 84.0 Å². The van der Waals surface area contributed by atoms with E-state index in [2.05, 4.69) is 42.4 Å². The summed E-state index contributed by atoms with van der Waals surface area (Å²) in [5, 5.41) is 9.34. The van der Waals surface area contributed by atoms with Gasteiger partial charge in [0.15, 0.2) is 0 Å². The zero-order chi connectivity index (χ0) is 39.6. The zero-order valence-electron chi connectivity index (χ0n) is 37.3. The molecule has 6 heteroatoms. The highest BCUT2D eigenvalue weighted by Gasteiger charge is 2.14. The molecule has 0 fully saturated rings. The van der Waals surface area contributed by atoms with Gasteiger partial charge in [0.1, 0.15) is 0 Å². The summed E-state index contributed by atoms with van der Waals surface area (Å²) in [6, 6.07) is 0. The lowest BCUT2D eigenvalue weighted by Crippen LogP contribution is -2.32. The van der Waals surface area contributed by atoms with E-state index in [4.69, 9.17) is 0 Å². The van der Waals surface area contributed by atoms with Crippen molar-refractivity contribution < 1.29 is 14.7 Å². The molecule has 0 spiro atoms. The maximum atomic E-state index is 13.1. The SMILES string of the molecule is CCCCCCCCN(CCCCCC)C(=O)CCCCCCCN(CCCCO)CCCCCCCC(=O)N(CCCCCC)CCCCCCCC. The van der Waals surface area contributed by atoms with Crippen molar-refractivity contribution in [3.05, 3.63) is 0 Å². The number of hydrogen-bond acceptors (Lipinski definition) is 4. The van der Waals surface area contributed by atoms with Gasteiger partial charge in [-0.15, -0.1) is 0 Å². The molecule has 0 saturated heterocycles. The monoisotopic (exact) mass is 764 g/mol. The van der Waals surface area contributed by atoms with E-state index < -0.39 is 0 Å². The summed E-state index contributed by atoms with van der Waals surface area (Å²) in [6.07, 6.45) is 40.4. The maximum absolute atomic E-state index is 13.1. The molecule has 0 radical (unpaired) electrons. The molecule has 0 aromatic heterocycles. The molecule has 0 heterocycles. The van der Waals surface area contributed by atoms with E-state index in [0.717, 1.165) is 123 Å². The van der Waals surface area contributed by atoms with Crippen LogP contribution in [0.5, 0.6) is 0 Å². The van der Waals surface area contributed by atoms with E-state index in [-0.39, 0.29) is 6.61 Å². The van der Waals surface area contributed by atoms with Gasteiger partial charge in [-0.25, -0.2) is 0 Å². The number of rotatable bonds is 44. The molecule has 0 rings (SSSR count). The molecule has 0 aromatic rings. The van der Waals surface area contributed by atoms with Gasteiger partial charge in [-0.1, -0.05) is 169 Å². The molecule has 0 aliphatic heterocycles. The van der Waals surface area contributed by atoms with E-state index in [1.54, 1.807) is 0 Å². The number of unbranched alkanes of at least 4 members (excludes halogenated alkanes) is 25. The summed E-state index contributed by atoms with van der Waals surface area (Å²) in [6.45, 7) is 16.5. The molecule has 0 aliphatic rings. The lowest BCUT2D eigenvalue weighted by molar-refractivity contribution is -0.132. The average molecular weight is 764 g/mol. The molecule has 0 unspecified atom stereocenters. The van der Waals surface area contributed by atoms with Gasteiger partial charge in [0.2, 0.25) is 11.8 Å². The van der Waals surface area contributed by atoms with E-state index >= 15 is 0 Å². The zero-order valence-corrected chi connectivity index (χ0v) is 37.3. The van der Waals surface area contributed by atoms with Gasteiger partial charge >= 0.3 is 0 Å². The first kappa shape index (κ1) is 52.9. The Kier molecular flexibility index (Phi) is 42.1. The highest BCUT2D eigenvalue weighted by atomic mass is 16.3. The van der Waals surface area contributed by atoms with E-state index in [1.165, 1.54) is 141 Å². The number of hydrogen-bond donors (Lipinski definition) is 1. The van der Waals surface area contributed by atoms with Crippen molar-refractivity contribution in [3.63, 3.8) is 0 Å². The van der Waals surface area contributed by atoms with Crippen molar-refractivity contribution in [3.8, 4) is 0 Å². The number of nitrogens with zero attached hydrogens (tertiary/aromatic N) is 3. The molecule has 2 amide bonds. The normalized spacial score (nSPS) is 11.5. The molecule has 0 aliphatic carbocycles. The van der Waals surface area contributed by atoms with Gasteiger partial charge in [0.25, 0.3) is 0 Å². The molecule has 0 aromatic carbocycles. The lowest BCUT2D eigenvalue weighted by atomic mass is 10.1. The summed E-state index contributed by atoms with van der Waals surface area (Å²) in [5.41, 5.74) is 0. The molecular weight excluding hydrogens is 667 g/mol. The lowest BCUT2D eigenvalue weighted by Gasteiger charge is -2.23. The minimum Gasteiger partial charge on any atom is -0.396 e. The highest BCUT2D eigenvalue weighted by molar-refractivity contribution is 5.76. The molecule has 6 nitrogen and oxygen atoms in total. The molecule has 54 heavy (non-hydrogen) atoms. The topological polar surface area (TPSA) is 64.1 Å². The number of aliphatic hydroxyl groups excluding tert-OH is 1. The van der Waals surface area contributed by atoms with Gasteiger partial charge < -0.3 is 19.8 Å². The molecule has 0 saturated carbocycles. The predicted octanol–water partition coefficient (Wildman–Crippen LogP) is 13.3. The van der Waals surface area contributed by atoms with Crippen LogP contribution in [0.3, 0.4) is 0 Å². The summed E-state index contributed by atoms with van der Waals surface area (Å²) >= 11 is 0. The fourth-order valence-electron chi connectivity index (χ4n) is 7.73. The predicted molar refractivity (Wildman–Crippen MR) is 236 cm³/mol. The Hall–Kier alpha value is -1.14. The Morgan fingerprint density at radius 2 is 0.556 bits per heavy atom. The first-order valence-corrected chi connectivity index (χ1v) is 24.4. The number of carbonyl (C=O) groups excluding carboxylic acids is 2. The van der Waals surface area contributed by atoms with Gasteiger partial charge in [-0.3, -0.25) is 9.59 Å². The third-order valence-corrected chi connectivity index (χ3v) is 11.4. The van der Waals surface area contributed by atoms with Gasteiger partial charge in [-0.2, -0.15) is 0 Å². The second-order valence-corrected chi connectivity index (χ2v) is 16.7. The summed E-state index contributed by atoms with van der Waals surface area (Å²) in [4.78, 5) is 33.3. The minimum atomic E-state index is 0.287. The fourth-order valence-corrected chi connectivity index (χ4v) is 7.73. The smallest absolute Gasteiger partial charge is 0.222 e. The average Bonchev–Trinajstić information content (AvgIpc) is 3.17. The Balaban J connectivity index is 4.36. The number of aliphatic hydroxyl groups is 1. The van der Waals surface area contributed by atoms with Crippen LogP contribution >= 0.6 is 0 Å². The Morgan fingerprint density at radius 3 is 0.870 bits per heavy atom. The molecule has 1 N–H and O–H groups in total. The third kappa shape index (κ3) is 35.3. The molecular formula is C48H97N3O3. The first-order chi connectivity index (χ1) is 26.5. The van der Waals surface area contributed by atoms with Gasteiger partial charge in [-0.05, 0) is 83.8 Å². The van der Waals surface area contributed by atoms with Gasteiger partial charge in [0, 0.05) is 45.6 Å². The summed E-state index contributed by atoms with van der Waals surface area (Å²) in [7, 11) is 0. The number of amides is 2. The van der Waals surface area contributed by atoms with E-state index in [1.807, 2.05) is 0 Å². The van der Waals surface area contributed by atoms with Crippen molar-refractivity contribution >= 4 is 11.8 Å². The largest absolute Gasteiger partial charge is 0.396 e.